The topological polar surface area (TPSA) is 87.6 Å². The van der Waals surface area contributed by atoms with Crippen LogP contribution in [0.25, 0.3) is 11.3 Å². The average molecular weight is 501 g/mol. The number of aromatic nitrogens is 2. The Hall–Kier alpha value is -4.30. The highest BCUT2D eigenvalue weighted by Crippen LogP contribution is 2.26. The van der Waals surface area contributed by atoms with Gasteiger partial charge >= 0.3 is 0 Å². The van der Waals surface area contributed by atoms with Gasteiger partial charge in [-0.25, -0.2) is 14.4 Å². The van der Waals surface area contributed by atoms with Gasteiger partial charge in [0.25, 0.3) is 5.91 Å². The number of halogens is 1. The maximum Gasteiger partial charge on any atom is 0.255 e. The third kappa shape index (κ3) is 6.68. The van der Waals surface area contributed by atoms with E-state index < -0.39 is 17.8 Å². The largest absolute Gasteiger partial charge is 0.489 e. The molecule has 1 aromatic heterocycles. The summed E-state index contributed by atoms with van der Waals surface area (Å²) in [5.74, 6) is 0.0807. The number of hydrogen-bond acceptors (Lipinski definition) is 6. The molecule has 1 unspecified atom stereocenters. The number of aliphatic hydroxyl groups is 1. The molecule has 7 nitrogen and oxygen atoms in total. The van der Waals surface area contributed by atoms with Gasteiger partial charge in [0.2, 0.25) is 5.95 Å². The van der Waals surface area contributed by atoms with Crippen LogP contribution in [0.2, 0.25) is 0 Å². The number of ether oxygens (including phenoxy) is 1. The third-order valence-electron chi connectivity index (χ3n) is 5.74. The number of anilines is 1. The Morgan fingerprint density at radius 1 is 1.05 bits per heavy atom. The molecule has 0 aliphatic heterocycles. The van der Waals surface area contributed by atoms with Crippen molar-refractivity contribution in [2.24, 2.45) is 0 Å². The first kappa shape index (κ1) is 25.8. The molecule has 1 heterocycles. The summed E-state index contributed by atoms with van der Waals surface area (Å²) in [6, 6.07) is 23.2. The van der Waals surface area contributed by atoms with Crippen molar-refractivity contribution < 1.29 is 19.0 Å². The van der Waals surface area contributed by atoms with Crippen LogP contribution in [0.5, 0.6) is 5.75 Å². The van der Waals surface area contributed by atoms with Gasteiger partial charge in [0.05, 0.1) is 17.4 Å². The lowest BCUT2D eigenvalue weighted by atomic mass is 10.0. The zero-order valence-electron chi connectivity index (χ0n) is 20.8. The van der Waals surface area contributed by atoms with Crippen molar-refractivity contribution in [2.45, 2.75) is 19.1 Å². The SMILES string of the molecule is CN(C)c1ncc(C(=O)NCCC(O)c2cccc(OCc3ccccc3)c2)c(-c2ccccc2F)n1. The second kappa shape index (κ2) is 12.1. The first-order valence-electron chi connectivity index (χ1n) is 11.9. The number of nitrogens with zero attached hydrogens (tertiary/aromatic N) is 3. The molecule has 0 saturated heterocycles. The minimum absolute atomic E-state index is 0.154. The van der Waals surface area contributed by atoms with Crippen LogP contribution in [-0.4, -0.2) is 41.6 Å². The number of rotatable bonds is 10. The standard InChI is InChI=1S/C29H29FN4O3/c1-34(2)29-32-18-24(27(33-29)23-13-6-7-14-25(23)30)28(36)31-16-15-26(35)21-11-8-12-22(17-21)37-19-20-9-4-3-5-10-20/h3-14,17-18,26,35H,15-16,19H2,1-2H3,(H,31,36). The quantitative estimate of drug-likeness (QED) is 0.326. The van der Waals surface area contributed by atoms with E-state index in [0.29, 0.717) is 23.9 Å². The molecule has 0 aliphatic carbocycles. The van der Waals surface area contributed by atoms with Gasteiger partial charge in [0, 0.05) is 32.4 Å². The van der Waals surface area contributed by atoms with Gasteiger partial charge in [0.1, 0.15) is 18.2 Å². The molecular formula is C29H29FN4O3. The van der Waals surface area contributed by atoms with Crippen molar-refractivity contribution in [3.05, 3.63) is 108 Å². The monoisotopic (exact) mass is 500 g/mol. The Labute approximate surface area is 215 Å². The molecule has 1 atom stereocenters. The van der Waals surface area contributed by atoms with Gasteiger partial charge in [-0.2, -0.15) is 0 Å². The highest BCUT2D eigenvalue weighted by atomic mass is 19.1. The average Bonchev–Trinajstić information content (AvgIpc) is 2.92. The second-order valence-electron chi connectivity index (χ2n) is 8.71. The van der Waals surface area contributed by atoms with E-state index in [4.69, 9.17) is 4.74 Å². The van der Waals surface area contributed by atoms with Gasteiger partial charge in [-0.05, 0) is 41.8 Å². The van der Waals surface area contributed by atoms with Crippen LogP contribution >= 0.6 is 0 Å². The first-order chi connectivity index (χ1) is 17.9. The van der Waals surface area contributed by atoms with Gasteiger partial charge < -0.3 is 20.1 Å². The molecule has 2 N–H and O–H groups in total. The number of carbonyl (C=O) groups is 1. The molecule has 190 valence electrons. The van der Waals surface area contributed by atoms with E-state index in [1.54, 1.807) is 43.3 Å². The summed E-state index contributed by atoms with van der Waals surface area (Å²) in [6.07, 6.45) is 0.863. The second-order valence-corrected chi connectivity index (χ2v) is 8.71. The van der Waals surface area contributed by atoms with Gasteiger partial charge in [0.15, 0.2) is 0 Å². The molecule has 4 rings (SSSR count). The lowest BCUT2D eigenvalue weighted by Gasteiger charge is -2.16. The minimum atomic E-state index is -0.806. The van der Waals surface area contributed by atoms with Crippen molar-refractivity contribution >= 4 is 11.9 Å². The predicted molar refractivity (Wildman–Crippen MR) is 141 cm³/mol. The van der Waals surface area contributed by atoms with E-state index in [-0.39, 0.29) is 29.8 Å². The van der Waals surface area contributed by atoms with Gasteiger partial charge in [-0.1, -0.05) is 54.6 Å². The fourth-order valence-corrected chi connectivity index (χ4v) is 3.75. The van der Waals surface area contributed by atoms with E-state index in [9.17, 15) is 14.3 Å². The van der Waals surface area contributed by atoms with Crippen LogP contribution in [0.1, 0.15) is 34.0 Å². The number of amides is 1. The molecule has 8 heteroatoms. The Bertz CT molecular complexity index is 1350. The number of carbonyl (C=O) groups excluding carboxylic acids is 1. The summed E-state index contributed by atoms with van der Waals surface area (Å²) >= 11 is 0. The number of aliphatic hydroxyl groups excluding tert-OH is 1. The van der Waals surface area contributed by atoms with Crippen molar-refractivity contribution in [3.8, 4) is 17.0 Å². The van der Waals surface area contributed by atoms with Gasteiger partial charge in [-0.3, -0.25) is 4.79 Å². The third-order valence-corrected chi connectivity index (χ3v) is 5.74. The predicted octanol–water partition coefficient (Wildman–Crippen LogP) is 4.78. The minimum Gasteiger partial charge on any atom is -0.489 e. The number of hydrogen-bond donors (Lipinski definition) is 2. The van der Waals surface area contributed by atoms with Crippen molar-refractivity contribution in [3.63, 3.8) is 0 Å². The zero-order chi connectivity index (χ0) is 26.2. The normalized spacial score (nSPS) is 11.6. The van der Waals surface area contributed by atoms with Crippen molar-refractivity contribution in [1.29, 1.82) is 0 Å². The maximum absolute atomic E-state index is 14.5. The molecule has 0 spiro atoms. The van der Waals surface area contributed by atoms with Crippen molar-refractivity contribution in [1.82, 2.24) is 15.3 Å². The summed E-state index contributed by atoms with van der Waals surface area (Å²) < 4.78 is 20.4. The van der Waals surface area contributed by atoms with E-state index in [0.717, 1.165) is 5.56 Å². The zero-order valence-corrected chi connectivity index (χ0v) is 20.8. The van der Waals surface area contributed by atoms with Crippen LogP contribution in [0, 0.1) is 5.82 Å². The van der Waals surface area contributed by atoms with Crippen LogP contribution in [0.3, 0.4) is 0 Å². The van der Waals surface area contributed by atoms with E-state index in [1.165, 1.54) is 12.3 Å². The molecule has 0 radical (unpaired) electrons. The van der Waals surface area contributed by atoms with Crippen LogP contribution in [0.4, 0.5) is 10.3 Å². The number of benzene rings is 3. The number of nitrogens with one attached hydrogen (secondary N) is 1. The van der Waals surface area contributed by atoms with Crippen molar-refractivity contribution in [2.75, 3.05) is 25.5 Å². The highest BCUT2D eigenvalue weighted by Gasteiger charge is 2.19. The van der Waals surface area contributed by atoms with E-state index >= 15 is 0 Å². The molecule has 0 aliphatic rings. The Balaban J connectivity index is 1.40. The fraction of sp³-hybridized carbons (Fsp3) is 0.207. The summed E-state index contributed by atoms with van der Waals surface area (Å²) in [7, 11) is 3.53. The molecule has 0 fully saturated rings. The first-order valence-corrected chi connectivity index (χ1v) is 11.9. The summed E-state index contributed by atoms with van der Waals surface area (Å²) in [5, 5.41) is 13.5. The Morgan fingerprint density at radius 2 is 1.81 bits per heavy atom. The van der Waals surface area contributed by atoms with E-state index in [2.05, 4.69) is 15.3 Å². The summed E-state index contributed by atoms with van der Waals surface area (Å²) in [5.41, 5.74) is 2.31. The lowest BCUT2D eigenvalue weighted by molar-refractivity contribution is 0.0942. The highest BCUT2D eigenvalue weighted by molar-refractivity contribution is 5.99. The smallest absolute Gasteiger partial charge is 0.255 e. The molecule has 0 saturated carbocycles. The lowest BCUT2D eigenvalue weighted by Crippen LogP contribution is -2.27. The van der Waals surface area contributed by atoms with Crippen LogP contribution in [0.15, 0.2) is 85.1 Å². The van der Waals surface area contributed by atoms with E-state index in [1.807, 2.05) is 48.5 Å². The molecule has 37 heavy (non-hydrogen) atoms. The van der Waals surface area contributed by atoms with Crippen LogP contribution in [-0.2, 0) is 6.61 Å². The van der Waals surface area contributed by atoms with Gasteiger partial charge in [-0.15, -0.1) is 0 Å². The molecule has 1 amide bonds. The molecule has 3 aromatic carbocycles. The fourth-order valence-electron chi connectivity index (χ4n) is 3.75. The Kier molecular flexibility index (Phi) is 8.43. The maximum atomic E-state index is 14.5. The van der Waals surface area contributed by atoms with Crippen LogP contribution < -0.4 is 15.0 Å². The Morgan fingerprint density at radius 3 is 2.57 bits per heavy atom. The molecule has 4 aromatic rings. The summed E-state index contributed by atoms with van der Waals surface area (Å²) in [4.78, 5) is 23.3. The molecular weight excluding hydrogens is 471 g/mol. The summed E-state index contributed by atoms with van der Waals surface area (Å²) in [6.45, 7) is 0.622. The molecule has 0 bridgehead atoms.